The summed E-state index contributed by atoms with van der Waals surface area (Å²) < 4.78 is 53.3. The molecule has 8 rings (SSSR count). The minimum absolute atomic E-state index is 0.0437. The first-order valence-electron chi connectivity index (χ1n) is 17.7. The largest absolute Gasteiger partial charge is 0.508 e. The van der Waals surface area contributed by atoms with Crippen LogP contribution in [0, 0.1) is 41.2 Å². The molecule has 12 nitrogen and oxygen atoms in total. The molecule has 3 saturated heterocycles. The Morgan fingerprint density at radius 3 is 2.73 bits per heavy atom. The smallest absolute Gasteiger partial charge is 0.319 e. The second-order valence-electron chi connectivity index (χ2n) is 14.4. The van der Waals surface area contributed by atoms with Gasteiger partial charge in [-0.15, -0.1) is 6.42 Å². The molecule has 0 saturated carbocycles. The standard InChI is InChI=1S/C40H34F3N9O3/c1-4-27-30(42)8-7-22-12-26(53)13-28(34(22)27)36-35(43)37-29(16-47-36)38(50-18-25-11-23(15-44)31(19-50)52(25)33(54)5-2)49-39(48-37)55-21-40(3)14-24(41)17-51(40)20-32-45-9-6-10-46-32/h1,5-10,12-13,16,23-25,31,53H,2,11,14,17-21H2,3H3/t23?,24-,25-,31-,40+/m1/s1. The molecule has 15 heteroatoms. The van der Waals surface area contributed by atoms with Gasteiger partial charge in [-0.2, -0.15) is 15.2 Å². The number of halogens is 3. The first-order valence-corrected chi connectivity index (χ1v) is 17.7. The Bertz CT molecular complexity index is 2460. The molecule has 3 aliphatic heterocycles. The number of piperazine rings is 1. The monoisotopic (exact) mass is 745 g/mol. The number of nitrogens with zero attached hydrogens (tertiary/aromatic N) is 9. The molecule has 3 aliphatic rings. The number of benzene rings is 2. The molecular weight excluding hydrogens is 711 g/mol. The Hall–Kier alpha value is -6.32. The molecule has 3 fully saturated rings. The summed E-state index contributed by atoms with van der Waals surface area (Å²) in [5.41, 5.74) is -1.37. The van der Waals surface area contributed by atoms with Crippen LogP contribution in [-0.4, -0.2) is 95.8 Å². The highest BCUT2D eigenvalue weighted by atomic mass is 19.1. The molecule has 0 radical (unpaired) electrons. The van der Waals surface area contributed by atoms with E-state index in [0.29, 0.717) is 17.6 Å². The fourth-order valence-corrected chi connectivity index (χ4v) is 8.33. The maximum absolute atomic E-state index is 17.1. The Morgan fingerprint density at radius 1 is 1.18 bits per heavy atom. The lowest BCUT2D eigenvalue weighted by molar-refractivity contribution is -0.129. The van der Waals surface area contributed by atoms with E-state index in [9.17, 15) is 19.6 Å². The van der Waals surface area contributed by atoms with Gasteiger partial charge in [0.15, 0.2) is 5.82 Å². The lowest BCUT2D eigenvalue weighted by atomic mass is 9.96. The van der Waals surface area contributed by atoms with Crippen molar-refractivity contribution in [2.75, 3.05) is 31.1 Å². The van der Waals surface area contributed by atoms with E-state index in [1.54, 1.807) is 23.4 Å². The third-order valence-electron chi connectivity index (χ3n) is 10.9. The minimum atomic E-state index is -1.15. The van der Waals surface area contributed by atoms with Crippen molar-refractivity contribution in [3.05, 3.63) is 84.6 Å². The highest BCUT2D eigenvalue weighted by Gasteiger charge is 2.49. The number of ether oxygens (including phenoxy) is 1. The van der Waals surface area contributed by atoms with Gasteiger partial charge in [-0.25, -0.2) is 23.1 Å². The number of carbonyl (C=O) groups is 1. The number of aromatic nitrogens is 5. The van der Waals surface area contributed by atoms with E-state index < -0.39 is 35.3 Å². The Kier molecular flexibility index (Phi) is 8.97. The average Bonchev–Trinajstić information content (AvgIpc) is 3.59. The summed E-state index contributed by atoms with van der Waals surface area (Å²) in [5, 5.41) is 21.4. The van der Waals surface area contributed by atoms with Crippen molar-refractivity contribution < 1.29 is 27.8 Å². The minimum Gasteiger partial charge on any atom is -0.508 e. The van der Waals surface area contributed by atoms with E-state index >= 15 is 8.78 Å². The zero-order valence-electron chi connectivity index (χ0n) is 29.7. The molecule has 0 aliphatic carbocycles. The van der Waals surface area contributed by atoms with Gasteiger partial charge < -0.3 is 19.6 Å². The maximum Gasteiger partial charge on any atom is 0.319 e. The molecule has 5 aromatic rings. The number of rotatable bonds is 8. The predicted molar refractivity (Wildman–Crippen MR) is 196 cm³/mol. The van der Waals surface area contributed by atoms with Crippen LogP contribution in [-0.2, 0) is 11.3 Å². The van der Waals surface area contributed by atoms with Crippen LogP contribution in [0.2, 0.25) is 0 Å². The number of hydrogen-bond donors (Lipinski definition) is 1. The fourth-order valence-electron chi connectivity index (χ4n) is 8.33. The lowest BCUT2D eigenvalue weighted by Crippen LogP contribution is -2.56. The van der Waals surface area contributed by atoms with Gasteiger partial charge in [-0.05, 0) is 49.1 Å². The van der Waals surface area contributed by atoms with Gasteiger partial charge in [-0.1, -0.05) is 18.6 Å². The first-order chi connectivity index (χ1) is 26.5. The number of fused-ring (bicyclic) bond motifs is 4. The molecule has 6 heterocycles. The summed E-state index contributed by atoms with van der Waals surface area (Å²) in [5.74, 6) is 0.526. The second-order valence-corrected chi connectivity index (χ2v) is 14.4. The van der Waals surface area contributed by atoms with Gasteiger partial charge in [-0.3, -0.25) is 14.7 Å². The number of pyridine rings is 1. The van der Waals surface area contributed by atoms with E-state index in [2.05, 4.69) is 38.5 Å². The van der Waals surface area contributed by atoms with Gasteiger partial charge in [0, 0.05) is 55.6 Å². The lowest BCUT2D eigenvalue weighted by Gasteiger charge is -2.41. The van der Waals surface area contributed by atoms with Crippen LogP contribution >= 0.6 is 0 Å². The number of alkyl halides is 1. The summed E-state index contributed by atoms with van der Waals surface area (Å²) in [6, 6.07) is 8.21. The van der Waals surface area contributed by atoms with E-state index in [1.165, 1.54) is 36.5 Å². The molecule has 0 spiro atoms. The average molecular weight is 746 g/mol. The summed E-state index contributed by atoms with van der Waals surface area (Å²) in [4.78, 5) is 40.6. The van der Waals surface area contributed by atoms with Crippen LogP contribution in [0.3, 0.4) is 0 Å². The van der Waals surface area contributed by atoms with Crippen LogP contribution < -0.4 is 9.64 Å². The summed E-state index contributed by atoms with van der Waals surface area (Å²) in [7, 11) is 0. The SMILES string of the molecule is C#Cc1c(F)ccc2cc(O)cc(-c3ncc4c(N5C[C@H]6CC(C#N)[C@@H](C5)N6C(=O)C=C)nc(OC[C@]5(C)C[C@@H](F)CN5Cc5ncccn5)nc4c3F)c12. The zero-order valence-corrected chi connectivity index (χ0v) is 29.7. The third-order valence-corrected chi connectivity index (χ3v) is 10.9. The molecule has 55 heavy (non-hydrogen) atoms. The van der Waals surface area contributed by atoms with Crippen molar-refractivity contribution >= 4 is 33.4 Å². The quantitative estimate of drug-likeness (QED) is 0.167. The van der Waals surface area contributed by atoms with Crippen LogP contribution in [0.15, 0.2) is 61.6 Å². The predicted octanol–water partition coefficient (Wildman–Crippen LogP) is 5.10. The maximum atomic E-state index is 17.1. The number of hydrogen-bond acceptors (Lipinski definition) is 11. The van der Waals surface area contributed by atoms with Crippen molar-refractivity contribution in [1.82, 2.24) is 34.7 Å². The van der Waals surface area contributed by atoms with E-state index in [-0.39, 0.29) is 102 Å². The van der Waals surface area contributed by atoms with Crippen molar-refractivity contribution in [3.8, 4) is 41.4 Å². The Morgan fingerprint density at radius 2 is 1.98 bits per heavy atom. The van der Waals surface area contributed by atoms with Gasteiger partial charge in [0.2, 0.25) is 5.91 Å². The van der Waals surface area contributed by atoms with Crippen molar-refractivity contribution in [1.29, 1.82) is 5.26 Å². The number of carbonyl (C=O) groups excluding carboxylic acids is 1. The highest BCUT2D eigenvalue weighted by molar-refractivity contribution is 6.03. The molecule has 2 aromatic carbocycles. The van der Waals surface area contributed by atoms with Crippen LogP contribution in [0.25, 0.3) is 32.9 Å². The topological polar surface area (TPSA) is 144 Å². The molecule has 3 aromatic heterocycles. The Labute approximate surface area is 313 Å². The number of likely N-dealkylation sites (tertiary alicyclic amines) is 1. The third kappa shape index (κ3) is 6.20. The fraction of sp³-hybridized carbons (Fsp3) is 0.325. The number of aromatic hydroxyl groups is 1. The number of phenols is 1. The normalized spacial score (nSPS) is 23.5. The van der Waals surface area contributed by atoms with Crippen LogP contribution in [0.4, 0.5) is 19.0 Å². The van der Waals surface area contributed by atoms with Gasteiger partial charge in [0.25, 0.3) is 0 Å². The van der Waals surface area contributed by atoms with Crippen molar-refractivity contribution in [2.45, 2.75) is 50.1 Å². The van der Waals surface area contributed by atoms with Gasteiger partial charge in [0.1, 0.15) is 47.2 Å². The molecular formula is C40H34F3N9O3. The molecule has 1 unspecified atom stereocenters. The first kappa shape index (κ1) is 35.7. The molecule has 5 atom stereocenters. The number of terminal acetylenes is 1. The van der Waals surface area contributed by atoms with E-state index in [0.717, 1.165) is 0 Å². The number of nitriles is 1. The van der Waals surface area contributed by atoms with Gasteiger partial charge >= 0.3 is 6.01 Å². The molecule has 1 N–H and O–H groups in total. The van der Waals surface area contributed by atoms with E-state index in [1.807, 2.05) is 16.7 Å². The molecule has 1 amide bonds. The number of anilines is 1. The molecule has 278 valence electrons. The molecule has 2 bridgehead atoms. The number of amides is 1. The van der Waals surface area contributed by atoms with Crippen LogP contribution in [0.1, 0.15) is 31.2 Å². The van der Waals surface area contributed by atoms with Crippen molar-refractivity contribution in [3.63, 3.8) is 0 Å². The summed E-state index contributed by atoms with van der Waals surface area (Å²) >= 11 is 0. The summed E-state index contributed by atoms with van der Waals surface area (Å²) in [6.07, 6.45) is 11.0. The number of phenolic OH excluding ortho intramolecular Hbond substituents is 1. The van der Waals surface area contributed by atoms with Gasteiger partial charge in [0.05, 0.1) is 47.1 Å². The van der Waals surface area contributed by atoms with E-state index in [4.69, 9.17) is 16.1 Å². The Balaban J connectivity index is 1.24. The second kappa shape index (κ2) is 13.8. The van der Waals surface area contributed by atoms with Crippen LogP contribution in [0.5, 0.6) is 11.8 Å². The summed E-state index contributed by atoms with van der Waals surface area (Å²) in [6.45, 7) is 6.26. The zero-order chi connectivity index (χ0) is 38.6. The van der Waals surface area contributed by atoms with Crippen molar-refractivity contribution in [2.24, 2.45) is 5.92 Å². The highest BCUT2D eigenvalue weighted by Crippen LogP contribution is 2.42.